The van der Waals surface area contributed by atoms with E-state index in [9.17, 15) is 9.59 Å². The number of carbonyl (C=O) groups is 2. The zero-order valence-electron chi connectivity index (χ0n) is 17.4. The van der Waals surface area contributed by atoms with Crippen molar-refractivity contribution in [1.82, 2.24) is 4.90 Å². The van der Waals surface area contributed by atoms with Crippen molar-refractivity contribution in [2.24, 2.45) is 0 Å². The third-order valence-electron chi connectivity index (χ3n) is 6.18. The third kappa shape index (κ3) is 3.35. The van der Waals surface area contributed by atoms with Crippen LogP contribution in [-0.4, -0.2) is 37.2 Å². The van der Waals surface area contributed by atoms with Crippen molar-refractivity contribution in [3.63, 3.8) is 0 Å². The molecule has 0 fully saturated rings. The zero-order chi connectivity index (χ0) is 21.4. The topological polar surface area (TPSA) is 55.8 Å². The molecule has 0 atom stereocenters. The molecule has 0 saturated heterocycles. The first kappa shape index (κ1) is 20.7. The predicted molar refractivity (Wildman–Crippen MR) is 116 cm³/mol. The monoisotopic (exact) mass is 427 g/mol. The Balaban J connectivity index is 1.92. The number of hydrogen-bond donors (Lipinski definition) is 0. The first-order valence-corrected chi connectivity index (χ1v) is 10.7. The quantitative estimate of drug-likeness (QED) is 0.622. The van der Waals surface area contributed by atoms with Gasteiger partial charge in [0.05, 0.1) is 12.1 Å². The number of halogens is 1. The molecule has 0 amide bonds. The van der Waals surface area contributed by atoms with E-state index in [-0.39, 0.29) is 11.6 Å². The fraction of sp³-hybridized carbons (Fsp3) is 0.417. The molecule has 5 nitrogen and oxygen atoms in total. The first-order chi connectivity index (χ1) is 14.5. The molecule has 0 aromatic heterocycles. The molecule has 0 N–H and O–H groups in total. The summed E-state index contributed by atoms with van der Waals surface area (Å²) in [6.07, 6.45) is 6.00. The molecule has 1 aliphatic heterocycles. The van der Waals surface area contributed by atoms with Crippen LogP contribution in [0.2, 0.25) is 5.02 Å². The van der Waals surface area contributed by atoms with Crippen LogP contribution in [0.1, 0.15) is 50.0 Å². The summed E-state index contributed by atoms with van der Waals surface area (Å²) in [5.74, 6) is 0.727. The minimum absolute atomic E-state index is 0.111. The molecule has 158 valence electrons. The van der Waals surface area contributed by atoms with E-state index in [1.807, 2.05) is 13.1 Å². The van der Waals surface area contributed by atoms with E-state index in [0.717, 1.165) is 53.8 Å². The summed E-state index contributed by atoms with van der Waals surface area (Å²) < 4.78 is 11.2. The van der Waals surface area contributed by atoms with E-state index in [1.165, 1.54) is 0 Å². The normalized spacial score (nSPS) is 19.6. The second-order valence-corrected chi connectivity index (χ2v) is 8.31. The lowest BCUT2D eigenvalue weighted by Crippen LogP contribution is -2.37. The van der Waals surface area contributed by atoms with Crippen LogP contribution in [0.25, 0.3) is 0 Å². The predicted octanol–water partition coefficient (Wildman–Crippen LogP) is 4.96. The number of ketones is 2. The highest BCUT2D eigenvalue weighted by Gasteiger charge is 2.42. The summed E-state index contributed by atoms with van der Waals surface area (Å²) in [6, 6.07) is 3.65. The summed E-state index contributed by atoms with van der Waals surface area (Å²) in [5.41, 5.74) is 4.33. The maximum absolute atomic E-state index is 13.1. The van der Waals surface area contributed by atoms with Gasteiger partial charge < -0.3 is 14.4 Å². The summed E-state index contributed by atoms with van der Waals surface area (Å²) in [4.78, 5) is 28.2. The fourth-order valence-electron chi connectivity index (χ4n) is 4.87. The highest BCUT2D eigenvalue weighted by atomic mass is 35.5. The molecule has 1 aromatic carbocycles. The molecular formula is C24H26ClNO4. The van der Waals surface area contributed by atoms with Crippen LogP contribution in [0.5, 0.6) is 11.5 Å². The van der Waals surface area contributed by atoms with Gasteiger partial charge in [0, 0.05) is 48.3 Å². The lowest BCUT2D eigenvalue weighted by Gasteiger charge is -2.42. The van der Waals surface area contributed by atoms with Crippen molar-refractivity contribution in [2.75, 3.05) is 20.8 Å². The average Bonchev–Trinajstić information content (AvgIpc) is 2.74. The number of nitrogens with zero attached hydrogens (tertiary/aromatic N) is 1. The molecule has 2 aliphatic carbocycles. The third-order valence-corrected chi connectivity index (χ3v) is 6.46. The molecule has 1 aromatic rings. The van der Waals surface area contributed by atoms with Gasteiger partial charge in [0.15, 0.2) is 23.1 Å². The Bertz CT molecular complexity index is 947. The molecule has 0 spiro atoms. The molecule has 30 heavy (non-hydrogen) atoms. The summed E-state index contributed by atoms with van der Waals surface area (Å²) >= 11 is 6.57. The van der Waals surface area contributed by atoms with Crippen molar-refractivity contribution in [1.29, 1.82) is 0 Å². The van der Waals surface area contributed by atoms with Crippen molar-refractivity contribution in [2.45, 2.75) is 44.4 Å². The minimum atomic E-state index is -0.411. The Hall–Kier alpha value is -2.53. The maximum Gasteiger partial charge on any atom is 0.180 e. The highest BCUT2D eigenvalue weighted by molar-refractivity contribution is 6.32. The lowest BCUT2D eigenvalue weighted by atomic mass is 9.71. The van der Waals surface area contributed by atoms with Crippen LogP contribution < -0.4 is 9.47 Å². The summed E-state index contributed by atoms with van der Waals surface area (Å²) in [7, 11) is 3.54. The fourth-order valence-corrected chi connectivity index (χ4v) is 5.15. The second kappa shape index (κ2) is 8.31. The number of rotatable bonds is 5. The van der Waals surface area contributed by atoms with Crippen LogP contribution in [0.15, 0.2) is 47.3 Å². The highest BCUT2D eigenvalue weighted by Crippen LogP contribution is 2.50. The standard InChI is InChI=1S/C24H26ClNO4/c1-4-11-30-24-15(25)12-14(13-20(24)29-3)21-22-16(7-5-9-18(22)27)26(2)17-8-6-10-19(28)23(17)21/h4,12-13,21H,1,5-11H2,2-3H3. The van der Waals surface area contributed by atoms with Gasteiger partial charge in [-0.15, -0.1) is 0 Å². The summed E-state index contributed by atoms with van der Waals surface area (Å²) in [5, 5.41) is 0.390. The smallest absolute Gasteiger partial charge is 0.180 e. The van der Waals surface area contributed by atoms with Gasteiger partial charge in [-0.25, -0.2) is 0 Å². The van der Waals surface area contributed by atoms with E-state index in [4.69, 9.17) is 21.1 Å². The molecule has 1 heterocycles. The van der Waals surface area contributed by atoms with Crippen LogP contribution in [-0.2, 0) is 9.59 Å². The van der Waals surface area contributed by atoms with Gasteiger partial charge in [-0.2, -0.15) is 0 Å². The number of methoxy groups -OCH3 is 1. The van der Waals surface area contributed by atoms with Crippen LogP contribution in [0.4, 0.5) is 0 Å². The Labute approximate surface area is 182 Å². The number of benzene rings is 1. The van der Waals surface area contributed by atoms with Gasteiger partial charge in [0.25, 0.3) is 0 Å². The second-order valence-electron chi connectivity index (χ2n) is 7.90. The molecule has 4 rings (SSSR count). The largest absolute Gasteiger partial charge is 0.493 e. The molecule has 0 saturated carbocycles. The number of allylic oxidation sites excluding steroid dienone is 4. The first-order valence-electron chi connectivity index (χ1n) is 10.3. The summed E-state index contributed by atoms with van der Waals surface area (Å²) in [6.45, 7) is 3.96. The average molecular weight is 428 g/mol. The molecule has 6 heteroatoms. The molecule has 0 bridgehead atoms. The van der Waals surface area contributed by atoms with Crippen LogP contribution in [0, 0.1) is 0 Å². The molecule has 3 aliphatic rings. The lowest BCUT2D eigenvalue weighted by molar-refractivity contribution is -0.117. The maximum atomic E-state index is 13.1. The SMILES string of the molecule is C=CCOc1c(Cl)cc(C2C3=C(CCCC3=O)N(C)C3=C2C(=O)CCC3)cc1OC. The van der Waals surface area contributed by atoms with Gasteiger partial charge in [0.2, 0.25) is 0 Å². The van der Waals surface area contributed by atoms with Crippen molar-refractivity contribution >= 4 is 23.2 Å². The Morgan fingerprint density at radius 2 is 1.70 bits per heavy atom. The van der Waals surface area contributed by atoms with Crippen LogP contribution >= 0.6 is 11.6 Å². The van der Waals surface area contributed by atoms with E-state index in [1.54, 1.807) is 19.3 Å². The number of ether oxygens (including phenoxy) is 2. The van der Waals surface area contributed by atoms with Gasteiger partial charge in [-0.3, -0.25) is 9.59 Å². The van der Waals surface area contributed by atoms with Gasteiger partial charge in [-0.1, -0.05) is 24.3 Å². The Morgan fingerprint density at radius 3 is 2.23 bits per heavy atom. The molecule has 0 unspecified atom stereocenters. The van der Waals surface area contributed by atoms with E-state index < -0.39 is 5.92 Å². The van der Waals surface area contributed by atoms with E-state index in [2.05, 4.69) is 11.5 Å². The van der Waals surface area contributed by atoms with Gasteiger partial charge in [0.1, 0.15) is 6.61 Å². The van der Waals surface area contributed by atoms with Gasteiger partial charge in [-0.05, 0) is 43.4 Å². The van der Waals surface area contributed by atoms with Crippen molar-refractivity contribution < 1.29 is 19.1 Å². The van der Waals surface area contributed by atoms with Crippen molar-refractivity contribution in [3.05, 3.63) is 57.9 Å². The molecule has 0 radical (unpaired) electrons. The van der Waals surface area contributed by atoms with Gasteiger partial charge >= 0.3 is 0 Å². The molecular weight excluding hydrogens is 402 g/mol. The minimum Gasteiger partial charge on any atom is -0.493 e. The number of Topliss-reactive ketones (excluding diaryl/α,β-unsaturated/α-hetero) is 2. The van der Waals surface area contributed by atoms with Crippen molar-refractivity contribution in [3.8, 4) is 11.5 Å². The number of hydrogen-bond acceptors (Lipinski definition) is 5. The van der Waals surface area contributed by atoms with E-state index >= 15 is 0 Å². The Morgan fingerprint density at radius 1 is 1.10 bits per heavy atom. The Kier molecular flexibility index (Phi) is 5.74. The van der Waals surface area contributed by atoms with E-state index in [0.29, 0.717) is 36.0 Å². The number of carbonyl (C=O) groups excluding carboxylic acids is 2. The van der Waals surface area contributed by atoms with Crippen LogP contribution in [0.3, 0.4) is 0 Å². The zero-order valence-corrected chi connectivity index (χ0v) is 18.2.